The second-order valence-corrected chi connectivity index (χ2v) is 4.59. The molecule has 0 radical (unpaired) electrons. The van der Waals surface area contributed by atoms with E-state index in [0.29, 0.717) is 0 Å². The number of rotatable bonds is 5. The second kappa shape index (κ2) is 5.75. The van der Waals surface area contributed by atoms with E-state index in [1.54, 1.807) is 11.3 Å². The molecule has 0 spiro atoms. The molecular weight excluding hydrogens is 232 g/mol. The summed E-state index contributed by atoms with van der Waals surface area (Å²) in [5.74, 6) is 0. The lowest BCUT2D eigenvalue weighted by molar-refractivity contribution is 0.798. The Balaban J connectivity index is 2.15. The van der Waals surface area contributed by atoms with Crippen molar-refractivity contribution in [1.29, 1.82) is 0 Å². The van der Waals surface area contributed by atoms with Crippen molar-refractivity contribution in [3.8, 4) is 0 Å². The Hall–Kier alpha value is -1.46. The molecule has 2 rings (SSSR count). The Morgan fingerprint density at radius 3 is 3.06 bits per heavy atom. The summed E-state index contributed by atoms with van der Waals surface area (Å²) >= 11 is 1.63. The highest BCUT2D eigenvalue weighted by Gasteiger charge is 2.08. The average Bonchev–Trinajstić information content (AvgIpc) is 2.83. The zero-order valence-electron chi connectivity index (χ0n) is 10.1. The van der Waals surface area contributed by atoms with Crippen molar-refractivity contribution < 1.29 is 0 Å². The van der Waals surface area contributed by atoms with Gasteiger partial charge in [-0.3, -0.25) is 4.98 Å². The minimum Gasteiger partial charge on any atom is -0.368 e. The number of anilines is 1. The maximum absolute atomic E-state index is 4.30. The highest BCUT2D eigenvalue weighted by atomic mass is 32.1. The lowest BCUT2D eigenvalue weighted by Gasteiger charge is -2.21. The van der Waals surface area contributed by atoms with Crippen LogP contribution in [0.15, 0.2) is 29.4 Å². The second-order valence-electron chi connectivity index (χ2n) is 3.87. The molecule has 90 valence electrons. The summed E-state index contributed by atoms with van der Waals surface area (Å²) in [5.41, 5.74) is 5.37. The molecule has 17 heavy (non-hydrogen) atoms. The van der Waals surface area contributed by atoms with Gasteiger partial charge in [-0.2, -0.15) is 0 Å². The van der Waals surface area contributed by atoms with Gasteiger partial charge in [0, 0.05) is 42.6 Å². The van der Waals surface area contributed by atoms with Crippen LogP contribution in [0.25, 0.3) is 0 Å². The van der Waals surface area contributed by atoms with Crippen LogP contribution in [-0.4, -0.2) is 24.1 Å². The first-order valence-corrected chi connectivity index (χ1v) is 6.41. The molecule has 0 bridgehead atoms. The molecular formula is C12H16N4S. The van der Waals surface area contributed by atoms with Crippen molar-refractivity contribution in [2.24, 2.45) is 0 Å². The first-order chi connectivity index (χ1) is 8.31. The first kappa shape index (κ1) is 12.0. The van der Waals surface area contributed by atoms with Gasteiger partial charge in [0.25, 0.3) is 0 Å². The Morgan fingerprint density at radius 1 is 1.47 bits per heavy atom. The minimum atomic E-state index is 0.824. The van der Waals surface area contributed by atoms with Crippen molar-refractivity contribution in [3.63, 3.8) is 0 Å². The van der Waals surface area contributed by atoms with Crippen LogP contribution >= 0.6 is 11.3 Å². The van der Waals surface area contributed by atoms with E-state index in [1.807, 2.05) is 31.0 Å². The van der Waals surface area contributed by atoms with Gasteiger partial charge in [-0.25, -0.2) is 4.98 Å². The van der Waals surface area contributed by atoms with E-state index >= 15 is 0 Å². The van der Waals surface area contributed by atoms with Gasteiger partial charge >= 0.3 is 0 Å². The SMILES string of the molecule is CNCc1cnccc1N(C)Cc1cscn1. The zero-order chi connectivity index (χ0) is 12.1. The molecule has 2 aromatic heterocycles. The van der Waals surface area contributed by atoms with Crippen LogP contribution in [0.5, 0.6) is 0 Å². The molecule has 0 aliphatic rings. The number of nitrogens with one attached hydrogen (secondary N) is 1. The average molecular weight is 248 g/mol. The molecule has 0 aliphatic heterocycles. The number of hydrogen-bond acceptors (Lipinski definition) is 5. The van der Waals surface area contributed by atoms with Gasteiger partial charge in [0.15, 0.2) is 0 Å². The Morgan fingerprint density at radius 2 is 2.35 bits per heavy atom. The monoisotopic (exact) mass is 248 g/mol. The molecule has 0 amide bonds. The van der Waals surface area contributed by atoms with Crippen molar-refractivity contribution >= 4 is 17.0 Å². The van der Waals surface area contributed by atoms with Gasteiger partial charge in [0.2, 0.25) is 0 Å². The fraction of sp³-hybridized carbons (Fsp3) is 0.333. The summed E-state index contributed by atoms with van der Waals surface area (Å²) < 4.78 is 0. The quantitative estimate of drug-likeness (QED) is 0.877. The number of aromatic nitrogens is 2. The smallest absolute Gasteiger partial charge is 0.0795 e. The summed E-state index contributed by atoms with van der Waals surface area (Å²) in [7, 11) is 4.02. The highest BCUT2D eigenvalue weighted by molar-refractivity contribution is 7.07. The van der Waals surface area contributed by atoms with E-state index in [-0.39, 0.29) is 0 Å². The fourth-order valence-corrected chi connectivity index (χ4v) is 2.31. The predicted octanol–water partition coefficient (Wildman–Crippen LogP) is 1.89. The summed E-state index contributed by atoms with van der Waals surface area (Å²) in [4.78, 5) is 10.7. The maximum Gasteiger partial charge on any atom is 0.0795 e. The number of pyridine rings is 1. The van der Waals surface area contributed by atoms with E-state index in [4.69, 9.17) is 0 Å². The summed E-state index contributed by atoms with van der Waals surface area (Å²) in [5, 5.41) is 5.24. The molecule has 0 saturated heterocycles. The third-order valence-corrected chi connectivity index (χ3v) is 3.17. The van der Waals surface area contributed by atoms with Gasteiger partial charge in [-0.15, -0.1) is 11.3 Å². The molecule has 0 atom stereocenters. The Bertz CT molecular complexity index is 455. The normalized spacial score (nSPS) is 10.5. The first-order valence-electron chi connectivity index (χ1n) is 5.47. The molecule has 0 aliphatic carbocycles. The molecule has 5 heteroatoms. The van der Waals surface area contributed by atoms with E-state index < -0.39 is 0 Å². The lowest BCUT2D eigenvalue weighted by Crippen LogP contribution is -2.20. The standard InChI is InChI=1S/C12H16N4S/c1-13-5-10-6-14-4-3-12(10)16(2)7-11-8-17-9-15-11/h3-4,6,8-9,13H,5,7H2,1-2H3. The van der Waals surface area contributed by atoms with Crippen molar-refractivity contribution in [2.75, 3.05) is 19.0 Å². The van der Waals surface area contributed by atoms with E-state index in [2.05, 4.69) is 32.6 Å². The molecule has 2 aromatic rings. The van der Waals surface area contributed by atoms with E-state index in [9.17, 15) is 0 Å². The maximum atomic E-state index is 4.30. The number of nitrogens with zero attached hydrogens (tertiary/aromatic N) is 3. The predicted molar refractivity (Wildman–Crippen MR) is 71.2 cm³/mol. The van der Waals surface area contributed by atoms with Gasteiger partial charge in [0.05, 0.1) is 17.7 Å². The third kappa shape index (κ3) is 3.01. The van der Waals surface area contributed by atoms with Crippen LogP contribution in [0.3, 0.4) is 0 Å². The van der Waals surface area contributed by atoms with Crippen molar-refractivity contribution in [3.05, 3.63) is 40.6 Å². The summed E-state index contributed by atoms with van der Waals surface area (Å²) in [6.45, 7) is 1.65. The van der Waals surface area contributed by atoms with E-state index in [1.165, 1.54) is 11.3 Å². The fourth-order valence-electron chi connectivity index (χ4n) is 1.76. The molecule has 2 heterocycles. The van der Waals surface area contributed by atoms with Crippen molar-refractivity contribution in [1.82, 2.24) is 15.3 Å². The number of hydrogen-bond donors (Lipinski definition) is 1. The van der Waals surface area contributed by atoms with E-state index in [0.717, 1.165) is 18.8 Å². The third-order valence-electron chi connectivity index (χ3n) is 2.54. The summed E-state index contributed by atoms with van der Waals surface area (Å²) in [6.07, 6.45) is 3.73. The van der Waals surface area contributed by atoms with Crippen LogP contribution in [0.2, 0.25) is 0 Å². The number of thiazole rings is 1. The van der Waals surface area contributed by atoms with Gasteiger partial charge in [-0.05, 0) is 13.1 Å². The summed E-state index contributed by atoms with van der Waals surface area (Å²) in [6, 6.07) is 2.04. The van der Waals surface area contributed by atoms with Gasteiger partial charge < -0.3 is 10.2 Å². The van der Waals surface area contributed by atoms with Crippen LogP contribution in [0, 0.1) is 0 Å². The topological polar surface area (TPSA) is 41.1 Å². The van der Waals surface area contributed by atoms with Crippen molar-refractivity contribution in [2.45, 2.75) is 13.1 Å². The molecule has 0 unspecified atom stereocenters. The molecule has 4 nitrogen and oxygen atoms in total. The lowest BCUT2D eigenvalue weighted by atomic mass is 10.2. The highest BCUT2D eigenvalue weighted by Crippen LogP contribution is 2.19. The Kier molecular flexibility index (Phi) is 4.06. The Labute approximate surface area is 105 Å². The zero-order valence-corrected chi connectivity index (χ0v) is 10.9. The van der Waals surface area contributed by atoms with Gasteiger partial charge in [0.1, 0.15) is 0 Å². The van der Waals surface area contributed by atoms with Crippen LogP contribution in [0.1, 0.15) is 11.3 Å². The molecule has 0 saturated carbocycles. The van der Waals surface area contributed by atoms with Gasteiger partial charge in [-0.1, -0.05) is 0 Å². The molecule has 0 aromatic carbocycles. The molecule has 1 N–H and O–H groups in total. The van der Waals surface area contributed by atoms with Crippen LogP contribution < -0.4 is 10.2 Å². The molecule has 0 fully saturated rings. The minimum absolute atomic E-state index is 0.824. The largest absolute Gasteiger partial charge is 0.368 e. The van der Waals surface area contributed by atoms with Crippen LogP contribution in [0.4, 0.5) is 5.69 Å². The van der Waals surface area contributed by atoms with Crippen LogP contribution in [-0.2, 0) is 13.1 Å².